The van der Waals surface area contributed by atoms with Crippen LogP contribution in [0.5, 0.6) is 0 Å². The van der Waals surface area contributed by atoms with Crippen molar-refractivity contribution in [2.24, 2.45) is 0 Å². The first-order valence-corrected chi connectivity index (χ1v) is 6.90. The first-order chi connectivity index (χ1) is 10.2. The summed E-state index contributed by atoms with van der Waals surface area (Å²) in [4.78, 5) is 23.9. The maximum absolute atomic E-state index is 12.3. The minimum Gasteiger partial charge on any atom is -0.469 e. The molecule has 0 aliphatic rings. The number of hydrogen-bond donors (Lipinski definition) is 0. The van der Waals surface area contributed by atoms with Gasteiger partial charge in [-0.2, -0.15) is 0 Å². The molecule has 2 aromatic rings. The Morgan fingerprint density at radius 3 is 2.05 bits per heavy atom. The number of benzene rings is 2. The molecule has 0 N–H and O–H groups in total. The molecular formula is C18H18O3. The van der Waals surface area contributed by atoms with E-state index in [1.807, 2.05) is 48.5 Å². The van der Waals surface area contributed by atoms with Crippen molar-refractivity contribution in [1.29, 1.82) is 0 Å². The van der Waals surface area contributed by atoms with Crippen LogP contribution in [-0.2, 0) is 9.53 Å². The molecule has 108 valence electrons. The molecule has 0 saturated heterocycles. The van der Waals surface area contributed by atoms with Crippen LogP contribution in [-0.4, -0.2) is 18.9 Å². The molecule has 0 saturated carbocycles. The zero-order chi connectivity index (χ0) is 15.1. The number of methoxy groups -OCH3 is 1. The molecule has 2 rings (SSSR count). The van der Waals surface area contributed by atoms with Gasteiger partial charge in [-0.3, -0.25) is 9.59 Å². The Labute approximate surface area is 124 Å². The normalized spacial score (nSPS) is 11.7. The summed E-state index contributed by atoms with van der Waals surface area (Å²) >= 11 is 0. The molecule has 0 unspecified atom stereocenters. The zero-order valence-electron chi connectivity index (χ0n) is 12.0. The number of Topliss-reactive ketones (excluding diaryl/α,β-unsaturated/α-hetero) is 1. The SMILES string of the molecule is COC(=O)C[C@@H](CC(=O)c1ccccc1)c1ccccc1. The molecular weight excluding hydrogens is 264 g/mol. The van der Waals surface area contributed by atoms with Crippen LogP contribution in [0, 0.1) is 0 Å². The topological polar surface area (TPSA) is 43.4 Å². The van der Waals surface area contributed by atoms with Crippen molar-refractivity contribution in [3.05, 3.63) is 71.8 Å². The van der Waals surface area contributed by atoms with Crippen LogP contribution < -0.4 is 0 Å². The van der Waals surface area contributed by atoms with E-state index >= 15 is 0 Å². The second-order valence-corrected chi connectivity index (χ2v) is 4.88. The number of rotatable bonds is 6. The van der Waals surface area contributed by atoms with Gasteiger partial charge in [-0.1, -0.05) is 60.7 Å². The predicted octanol–water partition coefficient (Wildman–Crippen LogP) is 3.61. The third kappa shape index (κ3) is 4.28. The maximum Gasteiger partial charge on any atom is 0.306 e. The highest BCUT2D eigenvalue weighted by Crippen LogP contribution is 2.25. The van der Waals surface area contributed by atoms with Gasteiger partial charge in [0.1, 0.15) is 0 Å². The van der Waals surface area contributed by atoms with E-state index in [1.54, 1.807) is 12.1 Å². The van der Waals surface area contributed by atoms with Crippen LogP contribution in [0.25, 0.3) is 0 Å². The fraction of sp³-hybridized carbons (Fsp3) is 0.222. The van der Waals surface area contributed by atoms with Crippen molar-refractivity contribution in [1.82, 2.24) is 0 Å². The molecule has 3 nitrogen and oxygen atoms in total. The van der Waals surface area contributed by atoms with Crippen LogP contribution in [0.1, 0.15) is 34.7 Å². The average molecular weight is 282 g/mol. The molecule has 0 aliphatic carbocycles. The number of carbonyl (C=O) groups excluding carboxylic acids is 2. The van der Waals surface area contributed by atoms with E-state index in [2.05, 4.69) is 0 Å². The maximum atomic E-state index is 12.3. The van der Waals surface area contributed by atoms with Crippen LogP contribution in [0.2, 0.25) is 0 Å². The average Bonchev–Trinajstić information content (AvgIpc) is 2.55. The Morgan fingerprint density at radius 1 is 0.905 bits per heavy atom. The summed E-state index contributed by atoms with van der Waals surface area (Å²) in [7, 11) is 1.36. The Hall–Kier alpha value is -2.42. The smallest absolute Gasteiger partial charge is 0.306 e. The Bertz CT molecular complexity index is 590. The van der Waals surface area contributed by atoms with Crippen molar-refractivity contribution in [2.45, 2.75) is 18.8 Å². The van der Waals surface area contributed by atoms with Gasteiger partial charge in [-0.15, -0.1) is 0 Å². The summed E-state index contributed by atoms with van der Waals surface area (Å²) in [5, 5.41) is 0. The summed E-state index contributed by atoms with van der Waals surface area (Å²) in [5.74, 6) is -0.426. The summed E-state index contributed by atoms with van der Waals surface area (Å²) in [6, 6.07) is 18.7. The van der Waals surface area contributed by atoms with Gasteiger partial charge in [-0.25, -0.2) is 0 Å². The molecule has 0 aromatic heterocycles. The fourth-order valence-corrected chi connectivity index (χ4v) is 2.28. The summed E-state index contributed by atoms with van der Waals surface area (Å²) in [5.41, 5.74) is 1.65. The third-order valence-electron chi connectivity index (χ3n) is 3.44. The summed E-state index contributed by atoms with van der Waals surface area (Å²) in [6.07, 6.45) is 0.502. The van der Waals surface area contributed by atoms with Crippen LogP contribution in [0.15, 0.2) is 60.7 Å². The van der Waals surface area contributed by atoms with Gasteiger partial charge in [0.05, 0.1) is 13.5 Å². The molecule has 0 fully saturated rings. The molecule has 0 spiro atoms. The number of carbonyl (C=O) groups is 2. The molecule has 0 aliphatic heterocycles. The van der Waals surface area contributed by atoms with E-state index in [1.165, 1.54) is 7.11 Å². The standard InChI is InChI=1S/C18H18O3/c1-21-18(20)13-16(14-8-4-2-5-9-14)12-17(19)15-10-6-3-7-11-15/h2-11,16H,12-13H2,1H3/t16-/m1/s1. The van der Waals surface area contributed by atoms with Gasteiger partial charge in [0.2, 0.25) is 0 Å². The van der Waals surface area contributed by atoms with Crippen molar-refractivity contribution >= 4 is 11.8 Å². The van der Waals surface area contributed by atoms with Crippen molar-refractivity contribution in [3.8, 4) is 0 Å². The highest BCUT2D eigenvalue weighted by molar-refractivity contribution is 5.96. The van der Waals surface area contributed by atoms with Crippen molar-refractivity contribution < 1.29 is 14.3 Å². The summed E-state index contributed by atoms with van der Waals surface area (Å²) < 4.78 is 4.74. The molecule has 0 radical (unpaired) electrons. The molecule has 0 amide bonds. The predicted molar refractivity (Wildman–Crippen MR) is 81.2 cm³/mol. The van der Waals surface area contributed by atoms with Gasteiger partial charge >= 0.3 is 5.97 Å². The molecule has 3 heteroatoms. The van der Waals surface area contributed by atoms with E-state index in [0.29, 0.717) is 12.0 Å². The van der Waals surface area contributed by atoms with Gasteiger partial charge in [0, 0.05) is 17.9 Å². The Kier molecular flexibility index (Phi) is 5.27. The largest absolute Gasteiger partial charge is 0.469 e. The molecule has 0 heterocycles. The third-order valence-corrected chi connectivity index (χ3v) is 3.44. The van der Waals surface area contributed by atoms with Gasteiger partial charge in [0.25, 0.3) is 0 Å². The van der Waals surface area contributed by atoms with Crippen LogP contribution in [0.4, 0.5) is 0 Å². The van der Waals surface area contributed by atoms with Crippen molar-refractivity contribution in [3.63, 3.8) is 0 Å². The van der Waals surface area contributed by atoms with Gasteiger partial charge in [0.15, 0.2) is 5.78 Å². The zero-order valence-corrected chi connectivity index (χ0v) is 12.0. The van der Waals surface area contributed by atoms with Gasteiger partial charge in [-0.05, 0) is 5.56 Å². The Morgan fingerprint density at radius 2 is 1.48 bits per heavy atom. The second kappa shape index (κ2) is 7.39. The molecule has 21 heavy (non-hydrogen) atoms. The van der Waals surface area contributed by atoms with E-state index in [-0.39, 0.29) is 24.1 Å². The second-order valence-electron chi connectivity index (χ2n) is 4.88. The number of ether oxygens (including phenoxy) is 1. The molecule has 2 aromatic carbocycles. The van der Waals surface area contributed by atoms with Crippen molar-refractivity contribution in [2.75, 3.05) is 7.11 Å². The first-order valence-electron chi connectivity index (χ1n) is 6.90. The lowest BCUT2D eigenvalue weighted by atomic mass is 9.89. The highest BCUT2D eigenvalue weighted by Gasteiger charge is 2.20. The first kappa shape index (κ1) is 15.0. The van der Waals surface area contributed by atoms with E-state index < -0.39 is 0 Å². The lowest BCUT2D eigenvalue weighted by Gasteiger charge is -2.15. The molecule has 0 bridgehead atoms. The Balaban J connectivity index is 2.16. The highest BCUT2D eigenvalue weighted by atomic mass is 16.5. The quantitative estimate of drug-likeness (QED) is 0.600. The lowest BCUT2D eigenvalue weighted by Crippen LogP contribution is -2.13. The number of ketones is 1. The van der Waals surface area contributed by atoms with Crippen LogP contribution in [0.3, 0.4) is 0 Å². The molecule has 1 atom stereocenters. The van der Waals surface area contributed by atoms with E-state index in [4.69, 9.17) is 4.74 Å². The minimum atomic E-state index is -0.301. The monoisotopic (exact) mass is 282 g/mol. The van der Waals surface area contributed by atoms with E-state index in [9.17, 15) is 9.59 Å². The fourth-order valence-electron chi connectivity index (χ4n) is 2.28. The summed E-state index contributed by atoms with van der Waals surface area (Å²) in [6.45, 7) is 0. The minimum absolute atomic E-state index is 0.0355. The van der Waals surface area contributed by atoms with Gasteiger partial charge < -0.3 is 4.74 Å². The van der Waals surface area contributed by atoms with Crippen LogP contribution >= 0.6 is 0 Å². The lowest BCUT2D eigenvalue weighted by molar-refractivity contribution is -0.141. The number of esters is 1. The van der Waals surface area contributed by atoms with E-state index in [0.717, 1.165) is 5.56 Å². The number of hydrogen-bond acceptors (Lipinski definition) is 3.